The molecule has 5 heteroatoms. The van der Waals surface area contributed by atoms with Crippen molar-refractivity contribution in [3.05, 3.63) is 53.6 Å². The normalized spacial score (nSPS) is 13.8. The van der Waals surface area contributed by atoms with Crippen LogP contribution in [0.25, 0.3) is 0 Å². The number of amides is 1. The Morgan fingerprint density at radius 2 is 1.85 bits per heavy atom. The molecule has 0 spiro atoms. The molecule has 3 rings (SSSR count). The third-order valence-corrected chi connectivity index (χ3v) is 4.30. The van der Waals surface area contributed by atoms with Crippen molar-refractivity contribution < 1.29 is 19.1 Å². The molecule has 0 unspecified atom stereocenters. The molecule has 0 radical (unpaired) electrons. The van der Waals surface area contributed by atoms with E-state index in [4.69, 9.17) is 9.47 Å². The minimum Gasteiger partial charge on any atom is -0.482 e. The standard InChI is InChI=1S/C21H23NO4/c1-5-25-20(24)14-6-9-16(10-7-14)22-17-12-15(21(2,3)4)8-11-18(17)26-13-19(22)23/h6-12H,5,13H2,1-4H3. The highest BCUT2D eigenvalue weighted by Gasteiger charge is 2.28. The number of carbonyl (C=O) groups excluding carboxylic acids is 2. The fourth-order valence-corrected chi connectivity index (χ4v) is 2.86. The van der Waals surface area contributed by atoms with Crippen LogP contribution in [-0.2, 0) is 14.9 Å². The molecule has 0 atom stereocenters. The zero-order valence-electron chi connectivity index (χ0n) is 15.5. The molecule has 0 saturated carbocycles. The molecular formula is C21H23NO4. The number of ether oxygens (including phenoxy) is 2. The fraction of sp³-hybridized carbons (Fsp3) is 0.333. The van der Waals surface area contributed by atoms with Gasteiger partial charge in [-0.05, 0) is 54.3 Å². The van der Waals surface area contributed by atoms with Crippen molar-refractivity contribution in [3.8, 4) is 5.75 Å². The van der Waals surface area contributed by atoms with Crippen LogP contribution in [-0.4, -0.2) is 25.1 Å². The Kier molecular flexibility index (Phi) is 4.72. The largest absolute Gasteiger partial charge is 0.482 e. The lowest BCUT2D eigenvalue weighted by molar-refractivity contribution is -0.120. The van der Waals surface area contributed by atoms with Gasteiger partial charge in [-0.1, -0.05) is 26.8 Å². The van der Waals surface area contributed by atoms with E-state index >= 15 is 0 Å². The minimum atomic E-state index is -0.372. The summed E-state index contributed by atoms with van der Waals surface area (Å²) >= 11 is 0. The quantitative estimate of drug-likeness (QED) is 0.776. The summed E-state index contributed by atoms with van der Waals surface area (Å²) in [6.45, 7) is 8.45. The Morgan fingerprint density at radius 1 is 1.15 bits per heavy atom. The molecule has 1 heterocycles. The van der Waals surface area contributed by atoms with Crippen molar-refractivity contribution in [1.29, 1.82) is 0 Å². The summed E-state index contributed by atoms with van der Waals surface area (Å²) in [5.41, 5.74) is 2.94. The molecule has 0 bridgehead atoms. The van der Waals surface area contributed by atoms with E-state index in [1.165, 1.54) is 0 Å². The van der Waals surface area contributed by atoms with Crippen molar-refractivity contribution in [2.24, 2.45) is 0 Å². The average molecular weight is 353 g/mol. The van der Waals surface area contributed by atoms with Crippen LogP contribution in [0.1, 0.15) is 43.6 Å². The Balaban J connectivity index is 2.00. The predicted octanol–water partition coefficient (Wildman–Crippen LogP) is 4.22. The van der Waals surface area contributed by atoms with Crippen molar-refractivity contribution in [2.75, 3.05) is 18.1 Å². The van der Waals surface area contributed by atoms with Gasteiger partial charge in [0, 0.05) is 5.69 Å². The first-order valence-electron chi connectivity index (χ1n) is 8.68. The maximum absolute atomic E-state index is 12.5. The number of hydrogen-bond acceptors (Lipinski definition) is 4. The van der Waals surface area contributed by atoms with Gasteiger partial charge in [0.25, 0.3) is 5.91 Å². The molecule has 0 fully saturated rings. The zero-order valence-corrected chi connectivity index (χ0v) is 15.5. The van der Waals surface area contributed by atoms with Gasteiger partial charge in [0.1, 0.15) is 5.75 Å². The van der Waals surface area contributed by atoms with Gasteiger partial charge in [0.2, 0.25) is 0 Å². The number of fused-ring (bicyclic) bond motifs is 1. The van der Waals surface area contributed by atoms with Gasteiger partial charge in [-0.15, -0.1) is 0 Å². The lowest BCUT2D eigenvalue weighted by Gasteiger charge is -2.31. The SMILES string of the molecule is CCOC(=O)c1ccc(N2C(=O)COc3ccc(C(C)(C)C)cc32)cc1. The Labute approximate surface area is 153 Å². The summed E-state index contributed by atoms with van der Waals surface area (Å²) in [4.78, 5) is 26.0. The van der Waals surface area contributed by atoms with Gasteiger partial charge in [0.15, 0.2) is 6.61 Å². The van der Waals surface area contributed by atoms with Crippen LogP contribution < -0.4 is 9.64 Å². The van der Waals surface area contributed by atoms with Gasteiger partial charge >= 0.3 is 5.97 Å². The molecule has 1 amide bonds. The summed E-state index contributed by atoms with van der Waals surface area (Å²) in [5, 5.41) is 0. The van der Waals surface area contributed by atoms with E-state index in [1.54, 1.807) is 36.1 Å². The first-order chi connectivity index (χ1) is 12.3. The van der Waals surface area contributed by atoms with Gasteiger partial charge in [-0.3, -0.25) is 9.69 Å². The second-order valence-corrected chi connectivity index (χ2v) is 7.22. The maximum atomic E-state index is 12.5. The van der Waals surface area contributed by atoms with E-state index < -0.39 is 0 Å². The lowest BCUT2D eigenvalue weighted by atomic mass is 9.86. The van der Waals surface area contributed by atoms with Crippen molar-refractivity contribution in [2.45, 2.75) is 33.1 Å². The Bertz CT molecular complexity index is 834. The zero-order chi connectivity index (χ0) is 18.9. The van der Waals surface area contributed by atoms with Crippen LogP contribution >= 0.6 is 0 Å². The van der Waals surface area contributed by atoms with Crippen LogP contribution in [0, 0.1) is 0 Å². The van der Waals surface area contributed by atoms with E-state index in [1.807, 2.05) is 18.2 Å². The molecule has 1 aliphatic heterocycles. The van der Waals surface area contributed by atoms with Crippen molar-refractivity contribution >= 4 is 23.3 Å². The second-order valence-electron chi connectivity index (χ2n) is 7.22. The third-order valence-electron chi connectivity index (χ3n) is 4.30. The first-order valence-corrected chi connectivity index (χ1v) is 8.68. The maximum Gasteiger partial charge on any atom is 0.338 e. The summed E-state index contributed by atoms with van der Waals surface area (Å²) in [5.74, 6) is 0.155. The van der Waals surface area contributed by atoms with Gasteiger partial charge in [0.05, 0.1) is 17.9 Å². The monoisotopic (exact) mass is 353 g/mol. The van der Waals surface area contributed by atoms with Crippen LogP contribution in [0.4, 0.5) is 11.4 Å². The fourth-order valence-electron chi connectivity index (χ4n) is 2.86. The molecule has 26 heavy (non-hydrogen) atoms. The molecule has 136 valence electrons. The van der Waals surface area contributed by atoms with E-state index in [2.05, 4.69) is 20.8 Å². The molecule has 0 N–H and O–H groups in total. The van der Waals surface area contributed by atoms with E-state index in [0.717, 1.165) is 11.3 Å². The van der Waals surface area contributed by atoms with Crippen molar-refractivity contribution in [3.63, 3.8) is 0 Å². The van der Waals surface area contributed by atoms with E-state index in [0.29, 0.717) is 23.6 Å². The van der Waals surface area contributed by atoms with Gasteiger partial charge < -0.3 is 9.47 Å². The molecule has 1 aliphatic rings. The topological polar surface area (TPSA) is 55.8 Å². The summed E-state index contributed by atoms with van der Waals surface area (Å²) in [6, 6.07) is 12.8. The molecule has 2 aromatic rings. The number of benzene rings is 2. The number of rotatable bonds is 3. The van der Waals surface area contributed by atoms with Gasteiger partial charge in [-0.25, -0.2) is 4.79 Å². The van der Waals surface area contributed by atoms with E-state index in [-0.39, 0.29) is 23.9 Å². The molecule has 0 saturated heterocycles. The second kappa shape index (κ2) is 6.83. The minimum absolute atomic E-state index is 0.0124. The average Bonchev–Trinajstić information content (AvgIpc) is 2.61. The van der Waals surface area contributed by atoms with Crippen LogP contribution in [0.2, 0.25) is 0 Å². The summed E-state index contributed by atoms with van der Waals surface area (Å²) < 4.78 is 10.6. The number of esters is 1. The Morgan fingerprint density at radius 3 is 2.46 bits per heavy atom. The number of nitrogens with zero attached hydrogens (tertiary/aromatic N) is 1. The molecule has 5 nitrogen and oxygen atoms in total. The molecule has 0 aliphatic carbocycles. The highest BCUT2D eigenvalue weighted by Crippen LogP contribution is 2.40. The highest BCUT2D eigenvalue weighted by atomic mass is 16.5. The number of carbonyl (C=O) groups is 2. The first kappa shape index (κ1) is 18.0. The number of hydrogen-bond donors (Lipinski definition) is 0. The summed E-state index contributed by atoms with van der Waals surface area (Å²) in [6.07, 6.45) is 0. The Hall–Kier alpha value is -2.82. The van der Waals surface area contributed by atoms with Crippen LogP contribution in [0.3, 0.4) is 0 Å². The summed E-state index contributed by atoms with van der Waals surface area (Å²) in [7, 11) is 0. The predicted molar refractivity (Wildman–Crippen MR) is 100 cm³/mol. The van der Waals surface area contributed by atoms with Gasteiger partial charge in [-0.2, -0.15) is 0 Å². The van der Waals surface area contributed by atoms with E-state index in [9.17, 15) is 9.59 Å². The highest BCUT2D eigenvalue weighted by molar-refractivity contribution is 6.04. The molecule has 0 aromatic heterocycles. The smallest absolute Gasteiger partial charge is 0.338 e. The van der Waals surface area contributed by atoms with Crippen LogP contribution in [0.5, 0.6) is 5.75 Å². The third kappa shape index (κ3) is 3.43. The number of anilines is 2. The molecule has 2 aromatic carbocycles. The van der Waals surface area contributed by atoms with Crippen molar-refractivity contribution in [1.82, 2.24) is 0 Å². The lowest BCUT2D eigenvalue weighted by Crippen LogP contribution is -2.35. The molecular weight excluding hydrogens is 330 g/mol. The van der Waals surface area contributed by atoms with Crippen LogP contribution in [0.15, 0.2) is 42.5 Å².